The number of anilines is 2. The third-order valence-electron chi connectivity index (χ3n) is 5.83. The van der Waals surface area contributed by atoms with Gasteiger partial charge in [0, 0.05) is 52.0 Å². The maximum absolute atomic E-state index is 13.3. The number of urea groups is 1. The number of carbonyl (C=O) groups is 2. The van der Waals surface area contributed by atoms with Crippen molar-refractivity contribution in [2.75, 3.05) is 43.4 Å². The van der Waals surface area contributed by atoms with E-state index in [0.717, 1.165) is 17.7 Å². The SMILES string of the molecule is CNC(=O)c1cc(Oc2ccc(CNC(=O)Nc3cc(C(F)(F)F)ccc3N3CCNCC3)cc2)ccn1. The monoisotopic (exact) mass is 528 g/mol. The van der Waals surface area contributed by atoms with E-state index in [0.29, 0.717) is 43.4 Å². The zero-order chi connectivity index (χ0) is 27.1. The van der Waals surface area contributed by atoms with Gasteiger partial charge in [0.05, 0.1) is 16.9 Å². The van der Waals surface area contributed by atoms with Crippen LogP contribution in [0, 0.1) is 0 Å². The minimum atomic E-state index is -4.53. The number of amides is 3. The Hall–Kier alpha value is -4.32. The van der Waals surface area contributed by atoms with Crippen molar-refractivity contribution in [3.05, 3.63) is 77.6 Å². The van der Waals surface area contributed by atoms with Gasteiger partial charge in [-0.3, -0.25) is 9.78 Å². The molecule has 1 aliphatic heterocycles. The number of hydrogen-bond donors (Lipinski definition) is 4. The number of piperazine rings is 1. The average Bonchev–Trinajstić information content (AvgIpc) is 2.92. The van der Waals surface area contributed by atoms with Crippen molar-refractivity contribution in [3.8, 4) is 11.5 Å². The van der Waals surface area contributed by atoms with E-state index in [2.05, 4.69) is 26.3 Å². The Morgan fingerprint density at radius 3 is 2.45 bits per heavy atom. The van der Waals surface area contributed by atoms with Gasteiger partial charge in [-0.05, 0) is 42.0 Å². The molecule has 1 fully saturated rings. The van der Waals surface area contributed by atoms with E-state index in [-0.39, 0.29) is 23.8 Å². The van der Waals surface area contributed by atoms with Gasteiger partial charge >= 0.3 is 12.2 Å². The lowest BCUT2D eigenvalue weighted by Gasteiger charge is -2.31. The molecule has 12 heteroatoms. The van der Waals surface area contributed by atoms with Crippen LogP contribution in [0.25, 0.3) is 0 Å². The molecule has 1 saturated heterocycles. The summed E-state index contributed by atoms with van der Waals surface area (Å²) in [6.07, 6.45) is -3.06. The van der Waals surface area contributed by atoms with Crippen molar-refractivity contribution in [1.82, 2.24) is 20.9 Å². The lowest BCUT2D eigenvalue weighted by Crippen LogP contribution is -2.44. The molecule has 1 aromatic heterocycles. The Bertz CT molecular complexity index is 1280. The van der Waals surface area contributed by atoms with Gasteiger partial charge in [0.15, 0.2) is 0 Å². The van der Waals surface area contributed by atoms with Crippen LogP contribution in [0.3, 0.4) is 0 Å². The second-order valence-electron chi connectivity index (χ2n) is 8.48. The first kappa shape index (κ1) is 26.7. The molecule has 0 radical (unpaired) electrons. The lowest BCUT2D eigenvalue weighted by molar-refractivity contribution is -0.137. The van der Waals surface area contributed by atoms with Crippen LogP contribution in [0.15, 0.2) is 60.8 Å². The van der Waals surface area contributed by atoms with Crippen LogP contribution in [0.2, 0.25) is 0 Å². The number of halogens is 3. The fourth-order valence-corrected chi connectivity index (χ4v) is 3.88. The first-order valence-electron chi connectivity index (χ1n) is 11.9. The summed E-state index contributed by atoms with van der Waals surface area (Å²) < 4.78 is 45.7. The molecule has 4 N–H and O–H groups in total. The van der Waals surface area contributed by atoms with Crippen LogP contribution in [0.4, 0.5) is 29.3 Å². The predicted octanol–water partition coefficient (Wildman–Crippen LogP) is 3.98. The molecule has 3 amide bonds. The molecule has 0 unspecified atom stereocenters. The van der Waals surface area contributed by atoms with Crippen LogP contribution in [-0.2, 0) is 12.7 Å². The van der Waals surface area contributed by atoms with Gasteiger partial charge in [0.25, 0.3) is 5.91 Å². The summed E-state index contributed by atoms with van der Waals surface area (Å²) in [5, 5.41) is 10.9. The Morgan fingerprint density at radius 1 is 1.03 bits per heavy atom. The van der Waals surface area contributed by atoms with Gasteiger partial charge in [-0.25, -0.2) is 4.79 Å². The number of nitrogens with zero attached hydrogens (tertiary/aromatic N) is 2. The number of hydrogen-bond acceptors (Lipinski definition) is 6. The molecule has 0 spiro atoms. The molecule has 0 aliphatic carbocycles. The van der Waals surface area contributed by atoms with Crippen LogP contribution < -0.4 is 30.9 Å². The normalized spacial score (nSPS) is 13.5. The summed E-state index contributed by atoms with van der Waals surface area (Å²) >= 11 is 0. The first-order valence-corrected chi connectivity index (χ1v) is 11.9. The van der Waals surface area contributed by atoms with Crippen molar-refractivity contribution in [3.63, 3.8) is 0 Å². The van der Waals surface area contributed by atoms with Crippen molar-refractivity contribution in [2.24, 2.45) is 0 Å². The van der Waals surface area contributed by atoms with Crippen LogP contribution >= 0.6 is 0 Å². The van der Waals surface area contributed by atoms with E-state index in [1.807, 2.05) is 4.90 Å². The van der Waals surface area contributed by atoms with E-state index in [1.165, 1.54) is 25.4 Å². The predicted molar refractivity (Wildman–Crippen MR) is 137 cm³/mol. The number of carbonyl (C=O) groups excluding carboxylic acids is 2. The van der Waals surface area contributed by atoms with Gasteiger partial charge < -0.3 is 30.9 Å². The van der Waals surface area contributed by atoms with E-state index in [4.69, 9.17) is 4.74 Å². The Morgan fingerprint density at radius 2 is 1.76 bits per heavy atom. The summed E-state index contributed by atoms with van der Waals surface area (Å²) in [7, 11) is 1.51. The molecule has 2 aromatic carbocycles. The molecule has 0 atom stereocenters. The van der Waals surface area contributed by atoms with E-state index in [1.54, 1.807) is 30.3 Å². The van der Waals surface area contributed by atoms with Crippen molar-refractivity contribution in [1.29, 1.82) is 0 Å². The fourth-order valence-electron chi connectivity index (χ4n) is 3.88. The molecule has 200 valence electrons. The zero-order valence-corrected chi connectivity index (χ0v) is 20.6. The number of ether oxygens (including phenoxy) is 1. The van der Waals surface area contributed by atoms with Gasteiger partial charge in [-0.1, -0.05) is 12.1 Å². The topological polar surface area (TPSA) is 108 Å². The maximum atomic E-state index is 13.3. The average molecular weight is 529 g/mol. The highest BCUT2D eigenvalue weighted by atomic mass is 19.4. The molecule has 2 heterocycles. The highest BCUT2D eigenvalue weighted by Crippen LogP contribution is 2.35. The summed E-state index contributed by atoms with van der Waals surface area (Å²) in [5.41, 5.74) is 0.763. The number of nitrogens with one attached hydrogen (secondary N) is 4. The molecule has 0 bridgehead atoms. The summed E-state index contributed by atoms with van der Waals surface area (Å²) in [4.78, 5) is 30.3. The minimum Gasteiger partial charge on any atom is -0.457 e. The molecule has 1 aliphatic rings. The standard InChI is InChI=1S/C26H27F3N6O3/c1-30-24(36)22-15-20(8-9-32-22)38-19-5-2-17(3-6-19)16-33-25(37)34-21-14-18(26(27,28)29)4-7-23(21)35-12-10-31-11-13-35/h2-9,14-15,31H,10-13,16H2,1H3,(H,30,36)(H2,33,34,37). The van der Waals surface area contributed by atoms with Gasteiger partial charge in [0.1, 0.15) is 17.2 Å². The Balaban J connectivity index is 1.38. The third-order valence-corrected chi connectivity index (χ3v) is 5.83. The molecule has 4 rings (SSSR count). The van der Waals surface area contributed by atoms with Gasteiger partial charge in [-0.2, -0.15) is 13.2 Å². The number of aromatic nitrogens is 1. The minimum absolute atomic E-state index is 0.0939. The lowest BCUT2D eigenvalue weighted by atomic mass is 10.1. The Kier molecular flexibility index (Phi) is 8.31. The number of benzene rings is 2. The fraction of sp³-hybridized carbons (Fsp3) is 0.269. The Labute approximate surface area is 217 Å². The van der Waals surface area contributed by atoms with E-state index in [9.17, 15) is 22.8 Å². The van der Waals surface area contributed by atoms with Crippen molar-refractivity contribution in [2.45, 2.75) is 12.7 Å². The maximum Gasteiger partial charge on any atom is 0.416 e. The highest BCUT2D eigenvalue weighted by molar-refractivity contribution is 5.93. The van der Waals surface area contributed by atoms with Crippen molar-refractivity contribution < 1.29 is 27.5 Å². The number of pyridine rings is 1. The molecular formula is C26H27F3N6O3. The number of alkyl halides is 3. The van der Waals surface area contributed by atoms with Crippen LogP contribution in [0.5, 0.6) is 11.5 Å². The zero-order valence-electron chi connectivity index (χ0n) is 20.6. The van der Waals surface area contributed by atoms with Crippen LogP contribution in [-0.4, -0.2) is 50.1 Å². The summed E-state index contributed by atoms with van der Waals surface area (Å²) in [6, 6.07) is 12.8. The molecule has 9 nitrogen and oxygen atoms in total. The largest absolute Gasteiger partial charge is 0.457 e. The first-order chi connectivity index (χ1) is 18.2. The molecule has 38 heavy (non-hydrogen) atoms. The number of rotatable bonds is 7. The van der Waals surface area contributed by atoms with Crippen LogP contribution in [0.1, 0.15) is 21.6 Å². The highest BCUT2D eigenvalue weighted by Gasteiger charge is 2.32. The van der Waals surface area contributed by atoms with Gasteiger partial charge in [0.2, 0.25) is 0 Å². The summed E-state index contributed by atoms with van der Waals surface area (Å²) in [6.45, 7) is 2.76. The van der Waals surface area contributed by atoms with Gasteiger partial charge in [-0.15, -0.1) is 0 Å². The summed E-state index contributed by atoms with van der Waals surface area (Å²) in [5.74, 6) is 0.613. The second kappa shape index (κ2) is 11.8. The van der Waals surface area contributed by atoms with E-state index >= 15 is 0 Å². The van der Waals surface area contributed by atoms with E-state index < -0.39 is 17.8 Å². The third kappa shape index (κ3) is 6.91. The molecule has 3 aromatic rings. The molecular weight excluding hydrogens is 501 g/mol. The van der Waals surface area contributed by atoms with Crippen molar-refractivity contribution >= 4 is 23.3 Å². The molecule has 0 saturated carbocycles. The quantitative estimate of drug-likeness (QED) is 0.370. The smallest absolute Gasteiger partial charge is 0.416 e. The second-order valence-corrected chi connectivity index (χ2v) is 8.48.